The minimum Gasteiger partial charge on any atom is -0.462 e. The Labute approximate surface area is 237 Å². The first kappa shape index (κ1) is 34.8. The fourth-order valence-electron chi connectivity index (χ4n) is 3.43. The first-order chi connectivity index (χ1) is 19.0. The molecule has 0 amide bonds. The van der Waals surface area contributed by atoms with Crippen molar-refractivity contribution in [2.45, 2.75) is 82.1 Å². The molecule has 0 radical (unpaired) electrons. The van der Waals surface area contributed by atoms with Crippen LogP contribution in [0.5, 0.6) is 11.5 Å². The maximum absolute atomic E-state index is 12.5. The van der Waals surface area contributed by atoms with Gasteiger partial charge in [0, 0.05) is 13.5 Å². The third-order valence-corrected chi connectivity index (χ3v) is 6.44. The molecule has 2 aromatic carbocycles. The highest BCUT2D eigenvalue weighted by molar-refractivity contribution is 7.97. The molecule has 1 aliphatic rings. The van der Waals surface area contributed by atoms with Gasteiger partial charge in [0.2, 0.25) is 0 Å². The monoisotopic (exact) mass is 566 g/mol. The number of carbonyl (C=O) groups is 1. The van der Waals surface area contributed by atoms with Crippen LogP contribution >= 0.6 is 11.9 Å². The van der Waals surface area contributed by atoms with Crippen LogP contribution in [0.1, 0.15) is 69.2 Å². The van der Waals surface area contributed by atoms with E-state index in [0.717, 1.165) is 39.3 Å². The van der Waals surface area contributed by atoms with Crippen LogP contribution in [0.25, 0.3) is 0 Å². The lowest BCUT2D eigenvalue weighted by Crippen LogP contribution is -2.47. The molecule has 1 aliphatic heterocycles. The van der Waals surface area contributed by atoms with Crippen molar-refractivity contribution in [2.24, 2.45) is 5.73 Å². The molecule has 3 rings (SSSR count). The Balaban J connectivity index is 0.000000975. The minimum atomic E-state index is -0.846. The maximum atomic E-state index is 12.5. The fourth-order valence-corrected chi connectivity index (χ4v) is 4.29. The molecule has 220 valence electrons. The lowest BCUT2D eigenvalue weighted by Gasteiger charge is -2.31. The van der Waals surface area contributed by atoms with E-state index < -0.39 is 18.4 Å². The Hall–Kier alpha value is -2.18. The van der Waals surface area contributed by atoms with Gasteiger partial charge in [-0.15, -0.1) is 0 Å². The number of nitrogens with two attached hydrogens (primary N) is 1. The van der Waals surface area contributed by atoms with Gasteiger partial charge in [-0.3, -0.25) is 0 Å². The molecule has 0 aromatic heterocycles. The number of hydrogen-bond donors (Lipinski definition) is 5. The van der Waals surface area contributed by atoms with Crippen LogP contribution in [-0.4, -0.2) is 66.6 Å². The van der Waals surface area contributed by atoms with Crippen molar-refractivity contribution >= 4 is 17.9 Å². The van der Waals surface area contributed by atoms with Crippen molar-refractivity contribution in [1.29, 1.82) is 0 Å². The lowest BCUT2D eigenvalue weighted by molar-refractivity contribution is -0.125. The molecular formula is C29H46N2O7S. The van der Waals surface area contributed by atoms with E-state index in [2.05, 4.69) is 18.6 Å². The Morgan fingerprint density at radius 2 is 1.77 bits per heavy atom. The van der Waals surface area contributed by atoms with E-state index in [4.69, 9.17) is 25.1 Å². The largest absolute Gasteiger partial charge is 0.462 e. The maximum Gasteiger partial charge on any atom is 0.338 e. The molecule has 3 atom stereocenters. The van der Waals surface area contributed by atoms with Crippen molar-refractivity contribution < 1.29 is 34.3 Å². The average Bonchev–Trinajstić information content (AvgIpc) is 2.95. The average molecular weight is 567 g/mol. The van der Waals surface area contributed by atoms with Gasteiger partial charge in [-0.2, -0.15) is 0 Å². The Kier molecular flexibility index (Phi) is 19.3. The van der Waals surface area contributed by atoms with Gasteiger partial charge in [0.15, 0.2) is 0 Å². The molecule has 0 spiro atoms. The van der Waals surface area contributed by atoms with E-state index >= 15 is 0 Å². The summed E-state index contributed by atoms with van der Waals surface area (Å²) in [6.07, 6.45) is 4.58. The minimum absolute atomic E-state index is 0.146. The normalized spacial score (nSPS) is 18.2. The number of benzene rings is 2. The summed E-state index contributed by atoms with van der Waals surface area (Å²) >= 11 is 1.19. The standard InChI is InChI=1S/C24H31NO6S.C4H11N.CH4O/c1-2-3-4-8-13-29-24(28)17-11-12-21(31-19-9-6-5-7-10-19)22(14-17)32-25-23-20(27)15-18(26)16-30-23;1-2-3-4-5;1-2/h5-7,9-12,14,18,20,23,25-27H,2-4,8,13,15-16H2,1H3;2-5H2,1H3;2H,1H3. The second-order valence-corrected chi connectivity index (χ2v) is 9.73. The van der Waals surface area contributed by atoms with Crippen LogP contribution in [0.2, 0.25) is 0 Å². The van der Waals surface area contributed by atoms with Gasteiger partial charge in [-0.05, 0) is 61.7 Å². The first-order valence-corrected chi connectivity index (χ1v) is 14.4. The molecule has 0 bridgehead atoms. The van der Waals surface area contributed by atoms with E-state index in [-0.39, 0.29) is 19.0 Å². The SMILES string of the molecule is CCCCCCOC(=O)c1ccc(Oc2ccccc2)c(SNC2OCC(O)CC2O)c1.CCCCN.CO. The van der Waals surface area contributed by atoms with E-state index in [1.54, 1.807) is 18.2 Å². The van der Waals surface area contributed by atoms with Crippen molar-refractivity contribution in [3.63, 3.8) is 0 Å². The van der Waals surface area contributed by atoms with E-state index in [9.17, 15) is 15.0 Å². The molecule has 2 aromatic rings. The number of aliphatic hydroxyl groups is 3. The van der Waals surface area contributed by atoms with Crippen LogP contribution in [0, 0.1) is 0 Å². The van der Waals surface area contributed by atoms with Crippen LogP contribution in [-0.2, 0) is 9.47 Å². The number of nitrogens with one attached hydrogen (secondary N) is 1. The van der Waals surface area contributed by atoms with Crippen molar-refractivity contribution in [3.8, 4) is 11.5 Å². The van der Waals surface area contributed by atoms with Gasteiger partial charge in [0.05, 0.1) is 35.9 Å². The molecule has 1 heterocycles. The number of para-hydroxylation sites is 1. The highest BCUT2D eigenvalue weighted by Gasteiger charge is 2.29. The molecule has 39 heavy (non-hydrogen) atoms. The van der Waals surface area contributed by atoms with Gasteiger partial charge in [0.1, 0.15) is 17.7 Å². The smallest absolute Gasteiger partial charge is 0.338 e. The van der Waals surface area contributed by atoms with Crippen LogP contribution in [0.3, 0.4) is 0 Å². The van der Waals surface area contributed by atoms with E-state index in [1.165, 1.54) is 24.8 Å². The summed E-state index contributed by atoms with van der Waals surface area (Å²) in [7, 11) is 1.00. The lowest BCUT2D eigenvalue weighted by atomic mass is 10.1. The number of hydrogen-bond acceptors (Lipinski definition) is 10. The number of esters is 1. The number of ether oxygens (including phenoxy) is 3. The quantitative estimate of drug-likeness (QED) is 0.132. The summed E-state index contributed by atoms with van der Waals surface area (Å²) in [6.45, 7) is 5.65. The molecule has 1 fully saturated rings. The third kappa shape index (κ3) is 14.1. The van der Waals surface area contributed by atoms with Gasteiger partial charge < -0.3 is 35.3 Å². The summed E-state index contributed by atoms with van der Waals surface area (Å²) in [5.74, 6) is 0.836. The zero-order chi connectivity index (χ0) is 28.9. The van der Waals surface area contributed by atoms with Crippen molar-refractivity contribution in [1.82, 2.24) is 4.72 Å². The van der Waals surface area contributed by atoms with Gasteiger partial charge >= 0.3 is 5.97 Å². The zero-order valence-corrected chi connectivity index (χ0v) is 24.2. The van der Waals surface area contributed by atoms with E-state index in [0.29, 0.717) is 28.6 Å². The molecule has 1 saturated heterocycles. The van der Waals surface area contributed by atoms with Crippen molar-refractivity contribution in [3.05, 3.63) is 54.1 Å². The second-order valence-electron chi connectivity index (χ2n) is 8.85. The summed E-state index contributed by atoms with van der Waals surface area (Å²) in [6, 6.07) is 14.5. The summed E-state index contributed by atoms with van der Waals surface area (Å²) in [5, 5.41) is 26.8. The summed E-state index contributed by atoms with van der Waals surface area (Å²) in [4.78, 5) is 13.2. The van der Waals surface area contributed by atoms with Gasteiger partial charge in [-0.1, -0.05) is 57.7 Å². The fraction of sp³-hybridized carbons (Fsp3) is 0.552. The highest BCUT2D eigenvalue weighted by Crippen LogP contribution is 2.33. The molecule has 10 heteroatoms. The molecule has 3 unspecified atom stereocenters. The Morgan fingerprint density at radius 1 is 1.05 bits per heavy atom. The third-order valence-electron chi connectivity index (χ3n) is 5.56. The van der Waals surface area contributed by atoms with Crippen LogP contribution < -0.4 is 15.2 Å². The summed E-state index contributed by atoms with van der Waals surface area (Å²) < 4.78 is 20.0. The Morgan fingerprint density at radius 3 is 2.38 bits per heavy atom. The molecule has 0 saturated carbocycles. The predicted molar refractivity (Wildman–Crippen MR) is 155 cm³/mol. The zero-order valence-electron chi connectivity index (χ0n) is 23.4. The second kappa shape index (κ2) is 21.6. The van der Waals surface area contributed by atoms with Crippen molar-refractivity contribution in [2.75, 3.05) is 26.9 Å². The van der Waals surface area contributed by atoms with Gasteiger partial charge in [0.25, 0.3) is 0 Å². The van der Waals surface area contributed by atoms with Crippen LogP contribution in [0.4, 0.5) is 0 Å². The molecule has 6 N–H and O–H groups in total. The highest BCUT2D eigenvalue weighted by atomic mass is 32.2. The number of aliphatic hydroxyl groups excluding tert-OH is 3. The molecule has 0 aliphatic carbocycles. The predicted octanol–water partition coefficient (Wildman–Crippen LogP) is 4.63. The number of carbonyl (C=O) groups excluding carboxylic acids is 1. The molecule has 9 nitrogen and oxygen atoms in total. The number of unbranched alkanes of at least 4 members (excludes halogenated alkanes) is 4. The number of rotatable bonds is 13. The topological polar surface area (TPSA) is 144 Å². The molecular weight excluding hydrogens is 520 g/mol. The van der Waals surface area contributed by atoms with E-state index in [1.807, 2.05) is 30.3 Å². The van der Waals surface area contributed by atoms with Gasteiger partial charge in [-0.25, -0.2) is 9.52 Å². The summed E-state index contributed by atoms with van der Waals surface area (Å²) in [5.41, 5.74) is 5.56. The van der Waals surface area contributed by atoms with Crippen LogP contribution in [0.15, 0.2) is 53.4 Å². The first-order valence-electron chi connectivity index (χ1n) is 13.6. The Bertz CT molecular complexity index is 902.